The minimum atomic E-state index is 0. The summed E-state index contributed by atoms with van der Waals surface area (Å²) in [5.74, 6) is 1.17. The molecule has 1 aromatic carbocycles. The molecule has 2 aromatic rings. The molecule has 0 bridgehead atoms. The summed E-state index contributed by atoms with van der Waals surface area (Å²) in [4.78, 5) is 22.6. The van der Waals surface area contributed by atoms with Crippen LogP contribution in [0.15, 0.2) is 12.1 Å². The summed E-state index contributed by atoms with van der Waals surface area (Å²) in [5, 5.41) is 0.812. The maximum Gasteiger partial charge on any atom is 0.231 e. The van der Waals surface area contributed by atoms with E-state index in [-0.39, 0.29) is 24.2 Å². The van der Waals surface area contributed by atoms with Crippen LogP contribution >= 0.6 is 23.7 Å². The van der Waals surface area contributed by atoms with Crippen LogP contribution < -0.4 is 9.64 Å². The first-order chi connectivity index (χ1) is 14.2. The van der Waals surface area contributed by atoms with Crippen molar-refractivity contribution in [2.24, 2.45) is 5.92 Å². The highest BCUT2D eigenvalue weighted by Gasteiger charge is 2.30. The zero-order valence-corrected chi connectivity index (χ0v) is 19.5. The average molecular weight is 454 g/mol. The summed E-state index contributed by atoms with van der Waals surface area (Å²) >= 11 is 1.62. The number of anilines is 1. The SMILES string of the molecule is COc1ccc(C)c2sc(N(CCCN3CCOCC3)C(=O)C3CCCC3)nc12.Cl. The van der Waals surface area contributed by atoms with Crippen LogP contribution in [0.3, 0.4) is 0 Å². The fraction of sp³-hybridized carbons (Fsp3) is 0.636. The quantitative estimate of drug-likeness (QED) is 0.626. The largest absolute Gasteiger partial charge is 0.494 e. The second-order valence-corrected chi connectivity index (χ2v) is 9.02. The first-order valence-electron chi connectivity index (χ1n) is 10.7. The highest BCUT2D eigenvalue weighted by molar-refractivity contribution is 7.22. The molecule has 166 valence electrons. The lowest BCUT2D eigenvalue weighted by atomic mass is 10.1. The van der Waals surface area contributed by atoms with E-state index in [1.807, 2.05) is 11.0 Å². The van der Waals surface area contributed by atoms with E-state index in [4.69, 9.17) is 14.5 Å². The topological polar surface area (TPSA) is 54.9 Å². The van der Waals surface area contributed by atoms with E-state index in [2.05, 4.69) is 17.9 Å². The van der Waals surface area contributed by atoms with Crippen molar-refractivity contribution in [2.45, 2.75) is 39.0 Å². The maximum atomic E-state index is 13.4. The van der Waals surface area contributed by atoms with E-state index in [1.165, 1.54) is 5.56 Å². The highest BCUT2D eigenvalue weighted by Crippen LogP contribution is 2.38. The third-order valence-electron chi connectivity index (χ3n) is 6.07. The van der Waals surface area contributed by atoms with Gasteiger partial charge < -0.3 is 9.47 Å². The molecule has 30 heavy (non-hydrogen) atoms. The molecule has 2 heterocycles. The second-order valence-electron chi connectivity index (χ2n) is 8.04. The van der Waals surface area contributed by atoms with Gasteiger partial charge in [0.1, 0.15) is 11.3 Å². The van der Waals surface area contributed by atoms with Crippen molar-refractivity contribution in [1.29, 1.82) is 0 Å². The third-order valence-corrected chi connectivity index (χ3v) is 7.29. The van der Waals surface area contributed by atoms with Gasteiger partial charge in [-0.05, 0) is 37.8 Å². The normalized spacial score (nSPS) is 17.8. The van der Waals surface area contributed by atoms with E-state index in [0.29, 0.717) is 6.54 Å². The molecular weight excluding hydrogens is 422 g/mol. The van der Waals surface area contributed by atoms with Gasteiger partial charge in [0.2, 0.25) is 5.91 Å². The van der Waals surface area contributed by atoms with Gasteiger partial charge in [0.15, 0.2) is 5.13 Å². The molecular formula is C22H32ClN3O3S. The van der Waals surface area contributed by atoms with Crippen LogP contribution in [-0.2, 0) is 9.53 Å². The number of carbonyl (C=O) groups is 1. The van der Waals surface area contributed by atoms with Crippen LogP contribution in [-0.4, -0.2) is 62.3 Å². The number of morpholine rings is 1. The first-order valence-corrected chi connectivity index (χ1v) is 11.5. The van der Waals surface area contributed by atoms with E-state index in [9.17, 15) is 4.79 Å². The number of aryl methyl sites for hydroxylation is 1. The molecule has 1 aliphatic heterocycles. The monoisotopic (exact) mass is 453 g/mol. The number of rotatable bonds is 7. The van der Waals surface area contributed by atoms with E-state index < -0.39 is 0 Å². The van der Waals surface area contributed by atoms with Gasteiger partial charge in [-0.25, -0.2) is 4.98 Å². The molecule has 0 unspecified atom stereocenters. The smallest absolute Gasteiger partial charge is 0.231 e. The fourth-order valence-corrected chi connectivity index (χ4v) is 5.43. The Hall–Kier alpha value is -1.41. The zero-order valence-electron chi connectivity index (χ0n) is 17.9. The fourth-order valence-electron chi connectivity index (χ4n) is 4.35. The molecule has 8 heteroatoms. The molecule has 4 rings (SSSR count). The minimum Gasteiger partial charge on any atom is -0.494 e. The molecule has 1 aromatic heterocycles. The van der Waals surface area contributed by atoms with Crippen molar-refractivity contribution in [3.8, 4) is 5.75 Å². The van der Waals surface area contributed by atoms with Crippen molar-refractivity contribution >= 4 is 45.0 Å². The number of carbonyl (C=O) groups excluding carboxylic acids is 1. The molecule has 6 nitrogen and oxygen atoms in total. The predicted molar refractivity (Wildman–Crippen MR) is 124 cm³/mol. The highest BCUT2D eigenvalue weighted by atomic mass is 35.5. The van der Waals surface area contributed by atoms with Gasteiger partial charge in [0.05, 0.1) is 25.0 Å². The number of nitrogens with zero attached hydrogens (tertiary/aromatic N) is 3. The third kappa shape index (κ3) is 5.07. The maximum absolute atomic E-state index is 13.4. The van der Waals surface area contributed by atoms with Gasteiger partial charge in [-0.2, -0.15) is 0 Å². The van der Waals surface area contributed by atoms with Crippen LogP contribution in [0, 0.1) is 12.8 Å². The number of hydrogen-bond acceptors (Lipinski definition) is 6. The Morgan fingerprint density at radius 2 is 2.03 bits per heavy atom. The number of thiazole rings is 1. The van der Waals surface area contributed by atoms with Crippen molar-refractivity contribution in [3.05, 3.63) is 17.7 Å². The van der Waals surface area contributed by atoms with Crippen LogP contribution in [0.5, 0.6) is 5.75 Å². The van der Waals surface area contributed by atoms with Gasteiger partial charge in [0.25, 0.3) is 0 Å². The number of fused-ring (bicyclic) bond motifs is 1. The van der Waals surface area contributed by atoms with E-state index in [1.54, 1.807) is 18.4 Å². The molecule has 2 fully saturated rings. The Labute approximate surface area is 188 Å². The Morgan fingerprint density at radius 3 is 2.73 bits per heavy atom. The lowest BCUT2D eigenvalue weighted by Crippen LogP contribution is -2.40. The van der Waals surface area contributed by atoms with Crippen LogP contribution in [0.2, 0.25) is 0 Å². The number of amides is 1. The molecule has 1 saturated heterocycles. The number of methoxy groups -OCH3 is 1. The van der Waals surface area contributed by atoms with E-state index >= 15 is 0 Å². The molecule has 0 N–H and O–H groups in total. The van der Waals surface area contributed by atoms with Crippen molar-refractivity contribution in [3.63, 3.8) is 0 Å². The number of aromatic nitrogens is 1. The summed E-state index contributed by atoms with van der Waals surface area (Å²) in [6, 6.07) is 4.02. The van der Waals surface area contributed by atoms with E-state index in [0.717, 1.165) is 86.0 Å². The molecule has 1 aliphatic carbocycles. The lowest BCUT2D eigenvalue weighted by Gasteiger charge is -2.28. The summed E-state index contributed by atoms with van der Waals surface area (Å²) in [7, 11) is 1.67. The Kier molecular flexibility index (Phi) is 8.34. The van der Waals surface area contributed by atoms with Gasteiger partial charge in [-0.3, -0.25) is 14.6 Å². The molecule has 0 spiro atoms. The standard InChI is InChI=1S/C22H31N3O3S.ClH/c1-16-8-9-18(27-2)19-20(16)29-22(23-19)25(21(26)17-6-3-4-7-17)11-5-10-24-12-14-28-15-13-24;/h8-9,17H,3-7,10-15H2,1-2H3;1H. The summed E-state index contributed by atoms with van der Waals surface area (Å²) in [6.07, 6.45) is 5.28. The average Bonchev–Trinajstić information content (AvgIpc) is 3.43. The molecule has 1 saturated carbocycles. The number of benzene rings is 1. The van der Waals surface area contributed by atoms with Crippen molar-refractivity contribution < 1.29 is 14.3 Å². The number of halogens is 1. The lowest BCUT2D eigenvalue weighted by molar-refractivity contribution is -0.122. The minimum absolute atomic E-state index is 0. The summed E-state index contributed by atoms with van der Waals surface area (Å²) in [5.41, 5.74) is 2.04. The number of ether oxygens (including phenoxy) is 2. The summed E-state index contributed by atoms with van der Waals surface area (Å²) < 4.78 is 12.1. The van der Waals surface area contributed by atoms with Gasteiger partial charge in [0, 0.05) is 32.1 Å². The molecule has 1 amide bonds. The zero-order chi connectivity index (χ0) is 20.2. The molecule has 0 atom stereocenters. The molecule has 0 radical (unpaired) electrons. The van der Waals surface area contributed by atoms with Crippen molar-refractivity contribution in [2.75, 3.05) is 51.4 Å². The van der Waals surface area contributed by atoms with Crippen LogP contribution in [0.4, 0.5) is 5.13 Å². The van der Waals surface area contributed by atoms with Gasteiger partial charge >= 0.3 is 0 Å². The first kappa shape index (κ1) is 23.3. The van der Waals surface area contributed by atoms with Crippen LogP contribution in [0.1, 0.15) is 37.7 Å². The Bertz CT molecular complexity index is 848. The Morgan fingerprint density at radius 1 is 1.30 bits per heavy atom. The molecule has 2 aliphatic rings. The van der Waals surface area contributed by atoms with Crippen molar-refractivity contribution in [1.82, 2.24) is 9.88 Å². The Balaban J connectivity index is 0.00000256. The number of hydrogen-bond donors (Lipinski definition) is 0. The van der Waals surface area contributed by atoms with Gasteiger partial charge in [-0.1, -0.05) is 30.2 Å². The summed E-state index contributed by atoms with van der Waals surface area (Å²) in [6.45, 7) is 7.37. The van der Waals surface area contributed by atoms with Gasteiger partial charge in [-0.15, -0.1) is 12.4 Å². The van der Waals surface area contributed by atoms with Crippen LogP contribution in [0.25, 0.3) is 10.2 Å². The predicted octanol–water partition coefficient (Wildman–Crippen LogP) is 4.28. The second kappa shape index (κ2) is 10.8.